The second kappa shape index (κ2) is 9.13. The van der Waals surface area contributed by atoms with Crippen molar-refractivity contribution in [2.24, 2.45) is 46.3 Å². The van der Waals surface area contributed by atoms with Crippen LogP contribution < -0.4 is 0 Å². The highest BCUT2D eigenvalue weighted by atomic mass is 16.7. The van der Waals surface area contributed by atoms with E-state index in [1.54, 1.807) is 0 Å². The van der Waals surface area contributed by atoms with Crippen molar-refractivity contribution in [1.29, 1.82) is 0 Å². The molecule has 0 aromatic heterocycles. The lowest BCUT2D eigenvalue weighted by Gasteiger charge is -2.62. The number of rotatable bonds is 5. The Bertz CT molecular complexity index is 860. The number of carbonyl (C=O) groups excluding carboxylic acids is 3. The van der Waals surface area contributed by atoms with E-state index in [0.717, 1.165) is 38.5 Å². The van der Waals surface area contributed by atoms with E-state index in [1.807, 2.05) is 0 Å². The van der Waals surface area contributed by atoms with Gasteiger partial charge in [-0.1, -0.05) is 20.8 Å². The predicted octanol–water partition coefficient (Wildman–Crippen LogP) is 4.00. The maximum absolute atomic E-state index is 12.4. The van der Waals surface area contributed by atoms with Gasteiger partial charge in [-0.05, 0) is 104 Å². The smallest absolute Gasteiger partial charge is 0.333 e. The fourth-order valence-corrected chi connectivity index (χ4v) is 9.51. The Kier molecular flexibility index (Phi) is 6.57. The number of imide groups is 1. The summed E-state index contributed by atoms with van der Waals surface area (Å²) in [6, 6.07) is 0. The molecule has 35 heavy (non-hydrogen) atoms. The van der Waals surface area contributed by atoms with Crippen molar-refractivity contribution < 1.29 is 29.4 Å². The Balaban J connectivity index is 1.24. The van der Waals surface area contributed by atoms with Crippen molar-refractivity contribution in [3.63, 3.8) is 0 Å². The minimum atomic E-state index is -0.532. The average Bonchev–Trinajstić information content (AvgIpc) is 3.34. The summed E-state index contributed by atoms with van der Waals surface area (Å²) in [5.74, 6) is 1.39. The fraction of sp³-hybridized carbons (Fsp3) is 0.893. The van der Waals surface area contributed by atoms with Gasteiger partial charge in [-0.15, -0.1) is 5.06 Å². The minimum Gasteiger partial charge on any atom is -0.393 e. The highest BCUT2D eigenvalue weighted by Gasteiger charge is 2.63. The van der Waals surface area contributed by atoms with Crippen molar-refractivity contribution in [2.45, 2.75) is 110 Å². The van der Waals surface area contributed by atoms with Crippen LogP contribution in [0.15, 0.2) is 0 Å². The Hall–Kier alpha value is -1.47. The molecular weight excluding hydrogens is 446 g/mol. The molecule has 196 valence electrons. The van der Waals surface area contributed by atoms with Crippen LogP contribution in [0.1, 0.15) is 97.8 Å². The Labute approximate surface area is 208 Å². The second-order valence-electron chi connectivity index (χ2n) is 12.9. The quantitative estimate of drug-likeness (QED) is 0.566. The van der Waals surface area contributed by atoms with Gasteiger partial charge in [0.2, 0.25) is 0 Å². The van der Waals surface area contributed by atoms with Gasteiger partial charge in [-0.3, -0.25) is 9.59 Å². The summed E-state index contributed by atoms with van der Waals surface area (Å²) >= 11 is 0. The van der Waals surface area contributed by atoms with E-state index in [2.05, 4.69) is 20.8 Å². The van der Waals surface area contributed by atoms with E-state index in [1.165, 1.54) is 12.8 Å². The molecular formula is C28H43NO6. The Morgan fingerprint density at radius 3 is 2.46 bits per heavy atom. The standard InChI is InChI=1S/C28H43NO6/c1-16(4-11-26(34)35-29-24(32)9-10-25(29)33)20-7-8-21-19-6-5-17-14-18(30)12-13-27(17,2)22(19)15-23(31)28(20,21)3/h16-23,30-31H,4-15H2,1-3H3/t16-,17?,18-,19+,20-,21+,22+,23+,27+,28-/m1/s1. The zero-order valence-electron chi connectivity index (χ0n) is 21.6. The molecule has 0 radical (unpaired) electrons. The number of carbonyl (C=O) groups is 3. The first-order chi connectivity index (χ1) is 16.6. The van der Waals surface area contributed by atoms with E-state index in [4.69, 9.17) is 4.84 Å². The van der Waals surface area contributed by atoms with Crippen molar-refractivity contribution in [1.82, 2.24) is 5.06 Å². The number of aliphatic hydroxyl groups is 2. The summed E-state index contributed by atoms with van der Waals surface area (Å²) in [6.45, 7) is 6.91. The highest BCUT2D eigenvalue weighted by molar-refractivity contribution is 6.01. The van der Waals surface area contributed by atoms with Gasteiger partial charge in [0.25, 0.3) is 11.8 Å². The SMILES string of the molecule is C[C@H](CCC(=O)ON1C(=O)CCC1=O)[C@H]1CC[C@H]2[C@@H]3CCC4C[C@H](O)CC[C@]4(C)[C@H]3C[C@H](O)[C@]12C. The molecule has 10 atom stereocenters. The van der Waals surface area contributed by atoms with Crippen molar-refractivity contribution in [3.8, 4) is 0 Å². The number of amides is 2. The molecule has 5 aliphatic rings. The lowest BCUT2D eigenvalue weighted by atomic mass is 9.43. The third kappa shape index (κ3) is 4.05. The predicted molar refractivity (Wildman–Crippen MR) is 128 cm³/mol. The van der Waals surface area contributed by atoms with Crippen LogP contribution in [0.5, 0.6) is 0 Å². The molecule has 0 spiro atoms. The van der Waals surface area contributed by atoms with E-state index in [0.29, 0.717) is 41.1 Å². The van der Waals surface area contributed by atoms with E-state index >= 15 is 0 Å². The lowest BCUT2D eigenvalue weighted by Crippen LogP contribution is -2.58. The molecule has 5 rings (SSSR count). The van der Waals surface area contributed by atoms with Crippen LogP contribution in [0.2, 0.25) is 0 Å². The average molecular weight is 490 g/mol. The van der Waals surface area contributed by atoms with Gasteiger partial charge in [-0.25, -0.2) is 4.79 Å². The van der Waals surface area contributed by atoms with Gasteiger partial charge in [-0.2, -0.15) is 0 Å². The molecule has 1 unspecified atom stereocenters. The molecule has 1 heterocycles. The fourth-order valence-electron chi connectivity index (χ4n) is 9.51. The highest BCUT2D eigenvalue weighted by Crippen LogP contribution is 2.68. The first-order valence-corrected chi connectivity index (χ1v) is 14.0. The molecule has 1 aliphatic heterocycles. The molecule has 4 saturated carbocycles. The molecule has 4 aliphatic carbocycles. The zero-order chi connectivity index (χ0) is 25.1. The zero-order valence-corrected chi connectivity index (χ0v) is 21.6. The van der Waals surface area contributed by atoms with Gasteiger partial charge >= 0.3 is 5.97 Å². The molecule has 0 aromatic carbocycles. The van der Waals surface area contributed by atoms with Crippen LogP contribution in [-0.2, 0) is 19.2 Å². The number of nitrogens with zero attached hydrogens (tertiary/aromatic N) is 1. The minimum absolute atomic E-state index is 0.102. The molecule has 7 heteroatoms. The summed E-state index contributed by atoms with van der Waals surface area (Å²) in [6.07, 6.45) is 8.81. The van der Waals surface area contributed by atoms with Gasteiger partial charge in [0.15, 0.2) is 0 Å². The summed E-state index contributed by atoms with van der Waals surface area (Å²) < 4.78 is 0. The number of hydrogen-bond donors (Lipinski definition) is 2. The number of hydrogen-bond acceptors (Lipinski definition) is 6. The molecule has 1 saturated heterocycles. The maximum atomic E-state index is 12.4. The topological polar surface area (TPSA) is 104 Å². The summed E-state index contributed by atoms with van der Waals surface area (Å²) in [5.41, 5.74) is 0.0745. The Morgan fingerprint density at radius 2 is 1.74 bits per heavy atom. The molecule has 0 bridgehead atoms. The lowest BCUT2D eigenvalue weighted by molar-refractivity contribution is -0.198. The third-order valence-electron chi connectivity index (χ3n) is 11.5. The second-order valence-corrected chi connectivity index (χ2v) is 12.9. The number of aliphatic hydroxyl groups excluding tert-OH is 2. The van der Waals surface area contributed by atoms with Crippen molar-refractivity contribution in [3.05, 3.63) is 0 Å². The van der Waals surface area contributed by atoms with Crippen LogP contribution in [0.25, 0.3) is 0 Å². The van der Waals surface area contributed by atoms with Crippen LogP contribution in [0.3, 0.4) is 0 Å². The summed E-state index contributed by atoms with van der Waals surface area (Å²) in [7, 11) is 0. The van der Waals surface area contributed by atoms with E-state index in [-0.39, 0.29) is 48.2 Å². The first-order valence-electron chi connectivity index (χ1n) is 14.0. The Morgan fingerprint density at radius 1 is 1.03 bits per heavy atom. The van der Waals surface area contributed by atoms with Gasteiger partial charge in [0, 0.05) is 19.3 Å². The number of hydroxylamine groups is 2. The molecule has 0 aromatic rings. The normalized spacial score (nSPS) is 46.1. The van der Waals surface area contributed by atoms with Gasteiger partial charge < -0.3 is 15.1 Å². The van der Waals surface area contributed by atoms with E-state index in [9.17, 15) is 24.6 Å². The monoisotopic (exact) mass is 489 g/mol. The van der Waals surface area contributed by atoms with E-state index < -0.39 is 17.8 Å². The molecule has 2 N–H and O–H groups in total. The van der Waals surface area contributed by atoms with Crippen molar-refractivity contribution >= 4 is 17.8 Å². The third-order valence-corrected chi connectivity index (χ3v) is 11.5. The molecule has 7 nitrogen and oxygen atoms in total. The number of fused-ring (bicyclic) bond motifs is 5. The summed E-state index contributed by atoms with van der Waals surface area (Å²) in [4.78, 5) is 40.9. The van der Waals surface area contributed by atoms with Crippen LogP contribution in [-0.4, -0.2) is 45.3 Å². The van der Waals surface area contributed by atoms with Crippen LogP contribution in [0.4, 0.5) is 0 Å². The van der Waals surface area contributed by atoms with Gasteiger partial charge in [0.05, 0.1) is 12.2 Å². The largest absolute Gasteiger partial charge is 0.393 e. The van der Waals surface area contributed by atoms with Crippen LogP contribution >= 0.6 is 0 Å². The van der Waals surface area contributed by atoms with Crippen LogP contribution in [0, 0.1) is 46.3 Å². The van der Waals surface area contributed by atoms with Crippen molar-refractivity contribution in [2.75, 3.05) is 0 Å². The maximum Gasteiger partial charge on any atom is 0.333 e. The molecule has 2 amide bonds. The summed E-state index contributed by atoms with van der Waals surface area (Å²) in [5, 5.41) is 22.6. The first kappa shape index (κ1) is 25.2. The van der Waals surface area contributed by atoms with Gasteiger partial charge in [0.1, 0.15) is 0 Å². The molecule has 5 fully saturated rings.